The molecule has 0 saturated heterocycles. The number of nitrogens with two attached hydrogens (primary N) is 1. The first-order valence-corrected chi connectivity index (χ1v) is 4.11. The molecule has 0 amide bonds. The van der Waals surface area contributed by atoms with E-state index in [1.165, 1.54) is 6.20 Å². The third kappa shape index (κ3) is 1.31. The van der Waals surface area contributed by atoms with Gasteiger partial charge in [-0.2, -0.15) is 10.4 Å². The monoisotopic (exact) mass is 184 g/mol. The highest BCUT2D eigenvalue weighted by Crippen LogP contribution is 2.15. The van der Waals surface area contributed by atoms with Crippen LogP contribution in [0.1, 0.15) is 5.56 Å². The van der Waals surface area contributed by atoms with Crippen LogP contribution in [0, 0.1) is 11.3 Å². The van der Waals surface area contributed by atoms with Gasteiger partial charge in [0.15, 0.2) is 0 Å². The Kier molecular flexibility index (Phi) is 1.92. The predicted molar refractivity (Wildman–Crippen MR) is 52.7 cm³/mol. The normalized spacial score (nSPS) is 9.64. The molecule has 4 heteroatoms. The number of anilines is 1. The predicted octanol–water partition coefficient (Wildman–Crippen LogP) is 1.33. The number of hydrogen-bond acceptors (Lipinski definition) is 3. The molecular weight excluding hydrogens is 176 g/mol. The summed E-state index contributed by atoms with van der Waals surface area (Å²) in [6.45, 7) is 0. The SMILES string of the molecule is N#Cc1cnn(-c2ccccc2N)c1. The summed E-state index contributed by atoms with van der Waals surface area (Å²) in [6.07, 6.45) is 3.15. The van der Waals surface area contributed by atoms with Crippen molar-refractivity contribution in [1.29, 1.82) is 5.26 Å². The van der Waals surface area contributed by atoms with Crippen LogP contribution < -0.4 is 5.73 Å². The molecule has 0 bridgehead atoms. The summed E-state index contributed by atoms with van der Waals surface area (Å²) in [5, 5.41) is 12.7. The molecule has 4 nitrogen and oxygen atoms in total. The van der Waals surface area contributed by atoms with Crippen LogP contribution in [0.4, 0.5) is 5.69 Å². The molecule has 0 fully saturated rings. The highest BCUT2D eigenvalue weighted by atomic mass is 15.3. The Morgan fingerprint density at radius 2 is 2.14 bits per heavy atom. The van der Waals surface area contributed by atoms with Gasteiger partial charge in [0.05, 0.1) is 23.1 Å². The summed E-state index contributed by atoms with van der Waals surface area (Å²) in [5.41, 5.74) is 7.71. The fraction of sp³-hybridized carbons (Fsp3) is 0. The zero-order valence-electron chi connectivity index (χ0n) is 7.38. The molecule has 0 aliphatic carbocycles. The van der Waals surface area contributed by atoms with Crippen LogP contribution in [0.25, 0.3) is 5.69 Å². The molecule has 2 rings (SSSR count). The quantitative estimate of drug-likeness (QED) is 0.680. The smallest absolute Gasteiger partial charge is 0.102 e. The largest absolute Gasteiger partial charge is 0.397 e. The lowest BCUT2D eigenvalue weighted by atomic mass is 10.3. The molecule has 0 aliphatic rings. The molecular formula is C10H8N4. The second kappa shape index (κ2) is 3.23. The Morgan fingerprint density at radius 3 is 2.79 bits per heavy atom. The van der Waals surface area contributed by atoms with Gasteiger partial charge in [0.2, 0.25) is 0 Å². The second-order valence-corrected chi connectivity index (χ2v) is 2.84. The van der Waals surface area contributed by atoms with E-state index in [0.717, 1.165) is 5.69 Å². The summed E-state index contributed by atoms with van der Waals surface area (Å²) >= 11 is 0. The fourth-order valence-electron chi connectivity index (χ4n) is 1.21. The minimum absolute atomic E-state index is 0.522. The van der Waals surface area contributed by atoms with E-state index in [4.69, 9.17) is 11.0 Å². The van der Waals surface area contributed by atoms with E-state index >= 15 is 0 Å². The molecule has 0 radical (unpaired) electrons. The fourth-order valence-corrected chi connectivity index (χ4v) is 1.21. The lowest BCUT2D eigenvalue weighted by Gasteiger charge is -2.03. The number of para-hydroxylation sites is 2. The molecule has 2 aromatic rings. The van der Waals surface area contributed by atoms with Gasteiger partial charge in [-0.3, -0.25) is 0 Å². The van der Waals surface area contributed by atoms with Gasteiger partial charge in [0.25, 0.3) is 0 Å². The molecule has 2 N–H and O–H groups in total. The van der Waals surface area contributed by atoms with Crippen molar-refractivity contribution in [2.24, 2.45) is 0 Å². The molecule has 0 aliphatic heterocycles. The summed E-state index contributed by atoms with van der Waals surface area (Å²) in [5.74, 6) is 0. The molecule has 1 aromatic carbocycles. The molecule has 0 spiro atoms. The van der Waals surface area contributed by atoms with Crippen LogP contribution in [0.3, 0.4) is 0 Å². The Balaban J connectivity index is 2.51. The Morgan fingerprint density at radius 1 is 1.36 bits per heavy atom. The maximum Gasteiger partial charge on any atom is 0.102 e. The number of nitriles is 1. The molecule has 1 heterocycles. The Labute approximate surface area is 81.2 Å². The van der Waals surface area contributed by atoms with Crippen molar-refractivity contribution in [3.8, 4) is 11.8 Å². The molecule has 0 atom stereocenters. The minimum atomic E-state index is 0.522. The highest BCUT2D eigenvalue weighted by Gasteiger charge is 2.02. The molecule has 0 unspecified atom stereocenters. The van der Waals surface area contributed by atoms with Crippen LogP contribution in [0.5, 0.6) is 0 Å². The highest BCUT2D eigenvalue weighted by molar-refractivity contribution is 5.57. The number of benzene rings is 1. The third-order valence-electron chi connectivity index (χ3n) is 1.90. The third-order valence-corrected chi connectivity index (χ3v) is 1.90. The van der Waals surface area contributed by atoms with Crippen molar-refractivity contribution in [1.82, 2.24) is 9.78 Å². The van der Waals surface area contributed by atoms with Gasteiger partial charge in [-0.1, -0.05) is 12.1 Å². The van der Waals surface area contributed by atoms with E-state index in [1.54, 1.807) is 16.9 Å². The topological polar surface area (TPSA) is 67.6 Å². The zero-order valence-corrected chi connectivity index (χ0v) is 7.38. The summed E-state index contributed by atoms with van der Waals surface area (Å²) in [4.78, 5) is 0. The van der Waals surface area contributed by atoms with E-state index in [0.29, 0.717) is 11.3 Å². The average molecular weight is 184 g/mol. The Hall–Kier alpha value is -2.28. The van der Waals surface area contributed by atoms with E-state index < -0.39 is 0 Å². The maximum atomic E-state index is 8.63. The van der Waals surface area contributed by atoms with Crippen LogP contribution >= 0.6 is 0 Å². The lowest BCUT2D eigenvalue weighted by molar-refractivity contribution is 0.883. The van der Waals surface area contributed by atoms with E-state index in [9.17, 15) is 0 Å². The van der Waals surface area contributed by atoms with Crippen LogP contribution in [0.15, 0.2) is 36.7 Å². The van der Waals surface area contributed by atoms with Crippen molar-refractivity contribution < 1.29 is 0 Å². The first-order chi connectivity index (χ1) is 6.81. The van der Waals surface area contributed by atoms with Gasteiger partial charge in [0, 0.05) is 6.20 Å². The number of hydrogen-bond donors (Lipinski definition) is 1. The standard InChI is InChI=1S/C10H8N4/c11-5-8-6-13-14(7-8)10-4-2-1-3-9(10)12/h1-4,6-7H,12H2. The second-order valence-electron chi connectivity index (χ2n) is 2.84. The summed E-state index contributed by atoms with van der Waals surface area (Å²) < 4.78 is 1.59. The first-order valence-electron chi connectivity index (χ1n) is 4.11. The average Bonchev–Trinajstić information content (AvgIpc) is 2.67. The van der Waals surface area contributed by atoms with Gasteiger partial charge in [-0.05, 0) is 12.1 Å². The molecule has 0 saturated carbocycles. The van der Waals surface area contributed by atoms with E-state index in [-0.39, 0.29) is 0 Å². The van der Waals surface area contributed by atoms with Gasteiger partial charge < -0.3 is 5.73 Å². The van der Waals surface area contributed by atoms with Crippen LogP contribution in [-0.4, -0.2) is 9.78 Å². The number of aromatic nitrogens is 2. The van der Waals surface area contributed by atoms with E-state index in [1.807, 2.05) is 24.3 Å². The van der Waals surface area contributed by atoms with Crippen LogP contribution in [0.2, 0.25) is 0 Å². The van der Waals surface area contributed by atoms with E-state index in [2.05, 4.69) is 5.10 Å². The zero-order chi connectivity index (χ0) is 9.97. The summed E-state index contributed by atoms with van der Waals surface area (Å²) in [7, 11) is 0. The number of nitrogens with zero attached hydrogens (tertiary/aromatic N) is 3. The lowest BCUT2D eigenvalue weighted by Crippen LogP contribution is -1.99. The van der Waals surface area contributed by atoms with Crippen molar-refractivity contribution in [2.45, 2.75) is 0 Å². The summed E-state index contributed by atoms with van der Waals surface area (Å²) in [6, 6.07) is 9.39. The van der Waals surface area contributed by atoms with Gasteiger partial charge in [-0.15, -0.1) is 0 Å². The van der Waals surface area contributed by atoms with Crippen molar-refractivity contribution >= 4 is 5.69 Å². The molecule has 1 aromatic heterocycles. The number of rotatable bonds is 1. The van der Waals surface area contributed by atoms with Gasteiger partial charge in [0.1, 0.15) is 6.07 Å². The van der Waals surface area contributed by atoms with Crippen molar-refractivity contribution in [3.63, 3.8) is 0 Å². The van der Waals surface area contributed by atoms with Crippen molar-refractivity contribution in [2.75, 3.05) is 5.73 Å². The molecule has 68 valence electrons. The van der Waals surface area contributed by atoms with Crippen LogP contribution in [-0.2, 0) is 0 Å². The minimum Gasteiger partial charge on any atom is -0.397 e. The van der Waals surface area contributed by atoms with Crippen molar-refractivity contribution in [3.05, 3.63) is 42.2 Å². The maximum absolute atomic E-state index is 8.63. The number of nitrogen functional groups attached to an aromatic ring is 1. The Bertz CT molecular complexity index is 493. The van der Waals surface area contributed by atoms with Gasteiger partial charge >= 0.3 is 0 Å². The van der Waals surface area contributed by atoms with Gasteiger partial charge in [-0.25, -0.2) is 4.68 Å². The molecule has 14 heavy (non-hydrogen) atoms. The first kappa shape index (κ1) is 8.32.